The largest absolute Gasteiger partial charge is 0.492 e. The molecule has 1 amide bonds. The number of hydrogen-bond donors (Lipinski definition) is 1. The van der Waals surface area contributed by atoms with Gasteiger partial charge >= 0.3 is 0 Å². The lowest BCUT2D eigenvalue weighted by Gasteiger charge is -2.07. The third-order valence-corrected chi connectivity index (χ3v) is 3.82. The molecule has 0 spiro atoms. The topological polar surface area (TPSA) is 38.3 Å². The van der Waals surface area contributed by atoms with Crippen LogP contribution < -0.4 is 10.1 Å². The first-order valence-corrected chi connectivity index (χ1v) is 7.37. The fourth-order valence-electron chi connectivity index (χ4n) is 1.51. The van der Waals surface area contributed by atoms with Gasteiger partial charge in [0.2, 0.25) is 0 Å². The van der Waals surface area contributed by atoms with Crippen LogP contribution in [0.15, 0.2) is 23.1 Å². The molecule has 0 aromatic heterocycles. The first kappa shape index (κ1) is 14.4. The summed E-state index contributed by atoms with van der Waals surface area (Å²) in [7, 11) is 0. The Morgan fingerprint density at radius 3 is 2.89 bits per heavy atom. The minimum atomic E-state index is -0.169. The van der Waals surface area contributed by atoms with E-state index < -0.39 is 0 Å². The van der Waals surface area contributed by atoms with Crippen molar-refractivity contribution in [1.29, 1.82) is 0 Å². The van der Waals surface area contributed by atoms with Crippen LogP contribution in [0.2, 0.25) is 5.02 Å². The van der Waals surface area contributed by atoms with Crippen LogP contribution in [0.1, 0.15) is 18.9 Å². The van der Waals surface area contributed by atoms with Crippen LogP contribution in [0.25, 0.3) is 6.08 Å². The lowest BCUT2D eigenvalue weighted by atomic mass is 10.2. The molecule has 3 nitrogen and oxygen atoms in total. The Bertz CT molecular complexity index is 558. The van der Waals surface area contributed by atoms with Crippen molar-refractivity contribution in [3.8, 4) is 5.75 Å². The molecule has 2 rings (SSSR count). The van der Waals surface area contributed by atoms with Crippen molar-refractivity contribution >= 4 is 51.9 Å². The molecule has 0 bridgehead atoms. The summed E-state index contributed by atoms with van der Waals surface area (Å²) in [6, 6.07) is 5.44. The van der Waals surface area contributed by atoms with E-state index in [1.54, 1.807) is 18.2 Å². The quantitative estimate of drug-likeness (QED) is 0.680. The maximum atomic E-state index is 11.5. The van der Waals surface area contributed by atoms with E-state index in [4.69, 9.17) is 28.6 Å². The van der Waals surface area contributed by atoms with E-state index in [1.165, 1.54) is 11.8 Å². The molecule has 1 heterocycles. The highest BCUT2D eigenvalue weighted by molar-refractivity contribution is 8.26. The number of thiocarbonyl (C=S) groups is 1. The summed E-state index contributed by atoms with van der Waals surface area (Å²) in [6.07, 6.45) is 2.69. The summed E-state index contributed by atoms with van der Waals surface area (Å²) >= 11 is 12.3. The average molecular weight is 314 g/mol. The molecule has 0 radical (unpaired) electrons. The molecule has 1 aromatic carbocycles. The van der Waals surface area contributed by atoms with Gasteiger partial charge in [-0.05, 0) is 30.2 Å². The molecule has 1 aliphatic heterocycles. The summed E-state index contributed by atoms with van der Waals surface area (Å²) in [4.78, 5) is 12.1. The number of thioether (sulfide) groups is 1. The van der Waals surface area contributed by atoms with E-state index >= 15 is 0 Å². The maximum absolute atomic E-state index is 11.5. The highest BCUT2D eigenvalue weighted by atomic mass is 35.5. The summed E-state index contributed by atoms with van der Waals surface area (Å²) in [5, 5.41) is 3.11. The Kier molecular flexibility index (Phi) is 4.85. The number of carbonyl (C=O) groups is 1. The van der Waals surface area contributed by atoms with Crippen molar-refractivity contribution in [2.45, 2.75) is 13.3 Å². The van der Waals surface area contributed by atoms with E-state index in [2.05, 4.69) is 5.32 Å². The SMILES string of the molecule is CCCOc1ccc(/C=C2\SC(=S)NC2=O)cc1Cl. The molecule has 0 atom stereocenters. The van der Waals surface area contributed by atoms with Gasteiger partial charge in [0.25, 0.3) is 5.91 Å². The second kappa shape index (κ2) is 6.41. The Hall–Kier alpha value is -1.04. The predicted octanol–water partition coefficient (Wildman–Crippen LogP) is 3.62. The van der Waals surface area contributed by atoms with Crippen molar-refractivity contribution < 1.29 is 9.53 Å². The number of halogens is 1. The molecule has 1 saturated heterocycles. The minimum Gasteiger partial charge on any atom is -0.492 e. The zero-order chi connectivity index (χ0) is 13.8. The standard InChI is InChI=1S/C13H12ClNO2S2/c1-2-5-17-10-4-3-8(6-9(10)14)7-11-12(16)15-13(18)19-11/h3-4,6-7H,2,5H2,1H3,(H,15,16,18)/b11-7-. The van der Waals surface area contributed by atoms with Crippen LogP contribution in [0.3, 0.4) is 0 Å². The molecule has 0 aliphatic carbocycles. The molecular weight excluding hydrogens is 302 g/mol. The number of ether oxygens (including phenoxy) is 1. The molecule has 1 aliphatic rings. The molecule has 1 N–H and O–H groups in total. The second-order valence-electron chi connectivity index (χ2n) is 3.89. The van der Waals surface area contributed by atoms with Gasteiger partial charge in [-0.2, -0.15) is 0 Å². The average Bonchev–Trinajstić information content (AvgIpc) is 2.67. The zero-order valence-corrected chi connectivity index (χ0v) is 12.6. The molecule has 0 unspecified atom stereocenters. The normalized spacial score (nSPS) is 16.8. The lowest BCUT2D eigenvalue weighted by molar-refractivity contribution is -0.115. The Balaban J connectivity index is 2.18. The van der Waals surface area contributed by atoms with Gasteiger partial charge < -0.3 is 10.1 Å². The number of rotatable bonds is 4. The first-order chi connectivity index (χ1) is 9.10. The van der Waals surface area contributed by atoms with Crippen LogP contribution in [-0.4, -0.2) is 16.8 Å². The Morgan fingerprint density at radius 1 is 1.53 bits per heavy atom. The second-order valence-corrected chi connectivity index (χ2v) is 6.02. The van der Waals surface area contributed by atoms with E-state index in [1.807, 2.05) is 13.0 Å². The number of nitrogens with one attached hydrogen (secondary N) is 1. The monoisotopic (exact) mass is 313 g/mol. The van der Waals surface area contributed by atoms with Gasteiger partial charge in [0, 0.05) is 0 Å². The van der Waals surface area contributed by atoms with E-state index in [0.29, 0.717) is 26.6 Å². The first-order valence-electron chi connectivity index (χ1n) is 5.77. The van der Waals surface area contributed by atoms with Gasteiger partial charge in [0.15, 0.2) is 0 Å². The lowest BCUT2D eigenvalue weighted by Crippen LogP contribution is -2.17. The van der Waals surface area contributed by atoms with Crippen molar-refractivity contribution in [2.24, 2.45) is 0 Å². The number of carbonyl (C=O) groups excluding carboxylic acids is 1. The van der Waals surface area contributed by atoms with Gasteiger partial charge in [-0.1, -0.05) is 48.6 Å². The number of amides is 1. The van der Waals surface area contributed by atoms with Crippen molar-refractivity contribution in [3.63, 3.8) is 0 Å². The van der Waals surface area contributed by atoms with E-state index in [0.717, 1.165) is 12.0 Å². The summed E-state index contributed by atoms with van der Waals surface area (Å²) in [5.41, 5.74) is 0.844. The molecular formula is C13H12ClNO2S2. The van der Waals surface area contributed by atoms with Crippen molar-refractivity contribution in [1.82, 2.24) is 5.32 Å². The molecule has 1 fully saturated rings. The van der Waals surface area contributed by atoms with Crippen LogP contribution in [0.4, 0.5) is 0 Å². The predicted molar refractivity (Wildman–Crippen MR) is 83.5 cm³/mol. The van der Waals surface area contributed by atoms with Gasteiger partial charge in [-0.25, -0.2) is 0 Å². The Labute approximate surface area is 126 Å². The van der Waals surface area contributed by atoms with Gasteiger partial charge in [-0.3, -0.25) is 4.79 Å². The number of hydrogen-bond acceptors (Lipinski definition) is 4. The molecule has 1 aromatic rings. The summed E-state index contributed by atoms with van der Waals surface area (Å²) in [5.74, 6) is 0.488. The molecule has 100 valence electrons. The molecule has 0 saturated carbocycles. The van der Waals surface area contributed by atoms with Gasteiger partial charge in [0.1, 0.15) is 10.1 Å². The van der Waals surface area contributed by atoms with Gasteiger partial charge in [-0.15, -0.1) is 0 Å². The zero-order valence-electron chi connectivity index (χ0n) is 10.2. The molecule has 19 heavy (non-hydrogen) atoms. The summed E-state index contributed by atoms with van der Waals surface area (Å²) < 4.78 is 5.97. The highest BCUT2D eigenvalue weighted by Crippen LogP contribution is 2.30. The Morgan fingerprint density at radius 2 is 2.32 bits per heavy atom. The minimum absolute atomic E-state index is 0.169. The number of benzene rings is 1. The maximum Gasteiger partial charge on any atom is 0.263 e. The third-order valence-electron chi connectivity index (χ3n) is 2.36. The van der Waals surface area contributed by atoms with Crippen LogP contribution in [0.5, 0.6) is 5.75 Å². The third kappa shape index (κ3) is 3.72. The fourth-order valence-corrected chi connectivity index (χ4v) is 2.80. The fraction of sp³-hybridized carbons (Fsp3) is 0.231. The molecule has 6 heteroatoms. The van der Waals surface area contributed by atoms with Crippen LogP contribution >= 0.6 is 35.6 Å². The van der Waals surface area contributed by atoms with Gasteiger partial charge in [0.05, 0.1) is 16.5 Å². The highest BCUT2D eigenvalue weighted by Gasteiger charge is 2.21. The van der Waals surface area contributed by atoms with Crippen molar-refractivity contribution in [2.75, 3.05) is 6.61 Å². The van der Waals surface area contributed by atoms with Crippen LogP contribution in [-0.2, 0) is 4.79 Å². The summed E-state index contributed by atoms with van der Waals surface area (Å²) in [6.45, 7) is 2.66. The van der Waals surface area contributed by atoms with Crippen molar-refractivity contribution in [3.05, 3.63) is 33.7 Å². The smallest absolute Gasteiger partial charge is 0.263 e. The van der Waals surface area contributed by atoms with E-state index in [9.17, 15) is 4.79 Å². The van der Waals surface area contributed by atoms with Crippen LogP contribution in [0, 0.1) is 0 Å². The van der Waals surface area contributed by atoms with E-state index in [-0.39, 0.29) is 5.91 Å².